The predicted octanol–water partition coefficient (Wildman–Crippen LogP) is 0.615. The van der Waals surface area contributed by atoms with Gasteiger partial charge in [0.15, 0.2) is 0 Å². The summed E-state index contributed by atoms with van der Waals surface area (Å²) in [7, 11) is 0. The molecule has 2 fully saturated rings. The minimum atomic E-state index is -0.932. The summed E-state index contributed by atoms with van der Waals surface area (Å²) < 4.78 is 0. The lowest BCUT2D eigenvalue weighted by atomic mass is 9.99. The molecular weight excluding hydrogens is 170 g/mol. The maximum absolute atomic E-state index is 11.4. The Bertz CT molecular complexity index is 272. The van der Waals surface area contributed by atoms with Crippen molar-refractivity contribution in [1.82, 2.24) is 4.90 Å². The van der Waals surface area contributed by atoms with Crippen molar-refractivity contribution in [1.29, 1.82) is 0 Å². The van der Waals surface area contributed by atoms with Crippen LogP contribution in [0.15, 0.2) is 0 Å². The van der Waals surface area contributed by atoms with Crippen LogP contribution in [0.25, 0.3) is 0 Å². The van der Waals surface area contributed by atoms with Gasteiger partial charge in [0.2, 0.25) is 5.91 Å². The third-order valence-corrected chi connectivity index (χ3v) is 3.00. The van der Waals surface area contributed by atoms with E-state index >= 15 is 0 Å². The zero-order valence-electron chi connectivity index (χ0n) is 7.62. The fraction of sp³-hybridized carbons (Fsp3) is 0.778. The molecule has 1 saturated carbocycles. The van der Waals surface area contributed by atoms with E-state index in [1.54, 1.807) is 11.8 Å². The Hall–Kier alpha value is -1.06. The lowest BCUT2D eigenvalue weighted by Crippen LogP contribution is -2.50. The van der Waals surface area contributed by atoms with Crippen LogP contribution in [0.1, 0.15) is 32.6 Å². The molecular formula is C9H13NO3. The Labute approximate surface area is 76.5 Å². The number of hydrogen-bond donors (Lipinski definition) is 1. The normalized spacial score (nSPS) is 33.9. The van der Waals surface area contributed by atoms with Gasteiger partial charge in [-0.25, -0.2) is 4.79 Å². The van der Waals surface area contributed by atoms with Crippen molar-refractivity contribution in [2.24, 2.45) is 0 Å². The number of likely N-dealkylation sites (tertiary alicyclic amines) is 1. The average molecular weight is 183 g/mol. The van der Waals surface area contributed by atoms with E-state index in [9.17, 15) is 9.59 Å². The summed E-state index contributed by atoms with van der Waals surface area (Å²) in [6.45, 7) is 1.65. The van der Waals surface area contributed by atoms with Crippen molar-refractivity contribution < 1.29 is 14.7 Å². The standard InChI is InChI=1S/C9H13NO3/c1-9(8(12)13)5-4-7(11)10(9)6-2-3-6/h6H,2-5H2,1H3,(H,12,13). The monoisotopic (exact) mass is 183 g/mol. The highest BCUT2D eigenvalue weighted by Gasteiger charge is 2.52. The Morgan fingerprint density at radius 2 is 2.23 bits per heavy atom. The fourth-order valence-electron chi connectivity index (χ4n) is 2.02. The molecule has 1 aliphatic carbocycles. The van der Waals surface area contributed by atoms with E-state index in [-0.39, 0.29) is 11.9 Å². The third kappa shape index (κ3) is 1.12. The quantitative estimate of drug-likeness (QED) is 0.682. The summed E-state index contributed by atoms with van der Waals surface area (Å²) in [4.78, 5) is 24.0. The van der Waals surface area contributed by atoms with Gasteiger partial charge in [0.1, 0.15) is 5.54 Å². The molecule has 1 heterocycles. The van der Waals surface area contributed by atoms with Crippen LogP contribution in [-0.4, -0.2) is 33.5 Å². The first-order valence-electron chi connectivity index (χ1n) is 4.61. The minimum Gasteiger partial charge on any atom is -0.480 e. The van der Waals surface area contributed by atoms with Gasteiger partial charge in [-0.15, -0.1) is 0 Å². The first-order chi connectivity index (χ1) is 6.05. The summed E-state index contributed by atoms with van der Waals surface area (Å²) in [6.07, 6.45) is 2.78. The van der Waals surface area contributed by atoms with Gasteiger partial charge < -0.3 is 10.0 Å². The maximum atomic E-state index is 11.4. The molecule has 2 aliphatic rings. The van der Waals surface area contributed by atoms with Gasteiger partial charge in [-0.3, -0.25) is 4.79 Å². The Morgan fingerprint density at radius 3 is 2.69 bits per heavy atom. The fourth-order valence-corrected chi connectivity index (χ4v) is 2.02. The van der Waals surface area contributed by atoms with Crippen LogP contribution in [0.2, 0.25) is 0 Å². The van der Waals surface area contributed by atoms with E-state index in [1.165, 1.54) is 0 Å². The van der Waals surface area contributed by atoms with Gasteiger partial charge in [-0.2, -0.15) is 0 Å². The molecule has 1 N–H and O–H groups in total. The SMILES string of the molecule is CC1(C(=O)O)CCC(=O)N1C1CC1. The van der Waals surface area contributed by atoms with Crippen LogP contribution >= 0.6 is 0 Å². The molecule has 1 amide bonds. The van der Waals surface area contributed by atoms with Crippen LogP contribution in [-0.2, 0) is 9.59 Å². The van der Waals surface area contributed by atoms with Gasteiger partial charge >= 0.3 is 5.97 Å². The molecule has 0 spiro atoms. The Kier molecular flexibility index (Phi) is 1.62. The molecule has 0 bridgehead atoms. The molecule has 0 aromatic rings. The number of carbonyl (C=O) groups is 2. The third-order valence-electron chi connectivity index (χ3n) is 3.00. The van der Waals surface area contributed by atoms with Gasteiger partial charge in [-0.1, -0.05) is 0 Å². The summed E-state index contributed by atoms with van der Waals surface area (Å²) in [6, 6.07) is 0.205. The van der Waals surface area contributed by atoms with Gasteiger partial charge in [0.25, 0.3) is 0 Å². The number of carbonyl (C=O) groups excluding carboxylic acids is 1. The molecule has 72 valence electrons. The van der Waals surface area contributed by atoms with E-state index < -0.39 is 11.5 Å². The first-order valence-corrected chi connectivity index (χ1v) is 4.61. The number of rotatable bonds is 2. The lowest BCUT2D eigenvalue weighted by molar-refractivity contribution is -0.153. The van der Waals surface area contributed by atoms with E-state index in [0.29, 0.717) is 12.8 Å². The van der Waals surface area contributed by atoms with Crippen molar-refractivity contribution in [3.05, 3.63) is 0 Å². The van der Waals surface area contributed by atoms with E-state index in [2.05, 4.69) is 0 Å². The molecule has 1 saturated heterocycles. The summed E-state index contributed by atoms with van der Waals surface area (Å²) in [5, 5.41) is 9.04. The Morgan fingerprint density at radius 1 is 1.62 bits per heavy atom. The molecule has 13 heavy (non-hydrogen) atoms. The summed E-state index contributed by atoms with van der Waals surface area (Å²) in [5.74, 6) is -0.863. The highest BCUT2D eigenvalue weighted by molar-refractivity contribution is 5.91. The minimum absolute atomic E-state index is 0.00685. The zero-order chi connectivity index (χ0) is 9.64. The summed E-state index contributed by atoms with van der Waals surface area (Å²) in [5.41, 5.74) is -0.932. The van der Waals surface area contributed by atoms with Crippen LogP contribution in [0.5, 0.6) is 0 Å². The van der Waals surface area contributed by atoms with E-state index in [0.717, 1.165) is 12.8 Å². The van der Waals surface area contributed by atoms with Crippen molar-refractivity contribution >= 4 is 11.9 Å². The van der Waals surface area contributed by atoms with E-state index in [1.807, 2.05) is 0 Å². The topological polar surface area (TPSA) is 57.6 Å². The Balaban J connectivity index is 2.27. The second-order valence-corrected chi connectivity index (χ2v) is 4.07. The lowest BCUT2D eigenvalue weighted by Gasteiger charge is -2.31. The van der Waals surface area contributed by atoms with E-state index in [4.69, 9.17) is 5.11 Å². The second-order valence-electron chi connectivity index (χ2n) is 4.07. The number of hydrogen-bond acceptors (Lipinski definition) is 2. The molecule has 1 aliphatic heterocycles. The second kappa shape index (κ2) is 2.47. The molecule has 1 atom stereocenters. The maximum Gasteiger partial charge on any atom is 0.329 e. The molecule has 2 rings (SSSR count). The number of amides is 1. The van der Waals surface area contributed by atoms with Crippen LogP contribution in [0.3, 0.4) is 0 Å². The molecule has 4 heteroatoms. The number of carboxylic acid groups (broad SMARTS) is 1. The molecule has 0 aromatic carbocycles. The smallest absolute Gasteiger partial charge is 0.329 e. The van der Waals surface area contributed by atoms with Crippen LogP contribution in [0.4, 0.5) is 0 Å². The first kappa shape index (κ1) is 8.53. The van der Waals surface area contributed by atoms with Crippen LogP contribution < -0.4 is 0 Å². The van der Waals surface area contributed by atoms with Crippen molar-refractivity contribution in [2.45, 2.75) is 44.2 Å². The van der Waals surface area contributed by atoms with Crippen molar-refractivity contribution in [3.63, 3.8) is 0 Å². The van der Waals surface area contributed by atoms with Crippen LogP contribution in [0, 0.1) is 0 Å². The average Bonchev–Trinajstić information content (AvgIpc) is 2.81. The van der Waals surface area contributed by atoms with Gasteiger partial charge in [-0.05, 0) is 26.2 Å². The molecule has 0 radical (unpaired) electrons. The number of carboxylic acids is 1. The van der Waals surface area contributed by atoms with Gasteiger partial charge in [0.05, 0.1) is 0 Å². The zero-order valence-corrected chi connectivity index (χ0v) is 7.62. The molecule has 0 aromatic heterocycles. The highest BCUT2D eigenvalue weighted by Crippen LogP contribution is 2.40. The number of nitrogens with zero attached hydrogens (tertiary/aromatic N) is 1. The van der Waals surface area contributed by atoms with Crippen molar-refractivity contribution in [2.75, 3.05) is 0 Å². The highest BCUT2D eigenvalue weighted by atomic mass is 16.4. The molecule has 1 unspecified atom stereocenters. The van der Waals surface area contributed by atoms with Crippen molar-refractivity contribution in [3.8, 4) is 0 Å². The largest absolute Gasteiger partial charge is 0.480 e. The number of aliphatic carboxylic acids is 1. The summed E-state index contributed by atoms with van der Waals surface area (Å²) >= 11 is 0. The van der Waals surface area contributed by atoms with Gasteiger partial charge in [0, 0.05) is 12.5 Å². The molecule has 4 nitrogen and oxygen atoms in total. The predicted molar refractivity (Wildman–Crippen MR) is 45.1 cm³/mol.